The van der Waals surface area contributed by atoms with Gasteiger partial charge in [0.05, 0.1) is 5.69 Å². The summed E-state index contributed by atoms with van der Waals surface area (Å²) in [5.74, 6) is 2.25. The number of para-hydroxylation sites is 1. The van der Waals surface area contributed by atoms with Crippen molar-refractivity contribution < 1.29 is 4.39 Å². The number of benzene rings is 2. The van der Waals surface area contributed by atoms with Gasteiger partial charge in [-0.15, -0.1) is 0 Å². The lowest BCUT2D eigenvalue weighted by Gasteiger charge is -2.37. The van der Waals surface area contributed by atoms with Crippen LogP contribution in [-0.4, -0.2) is 36.1 Å². The number of halogens is 1. The molecule has 0 bridgehead atoms. The molecule has 0 atom stereocenters. The fourth-order valence-corrected chi connectivity index (χ4v) is 3.86. The van der Waals surface area contributed by atoms with Gasteiger partial charge in [0.15, 0.2) is 0 Å². The van der Waals surface area contributed by atoms with Gasteiger partial charge in [0, 0.05) is 37.9 Å². The van der Waals surface area contributed by atoms with E-state index in [4.69, 9.17) is 0 Å². The Balaban J connectivity index is 1.49. The molecule has 1 fully saturated rings. The van der Waals surface area contributed by atoms with Crippen LogP contribution in [0.1, 0.15) is 17.0 Å². The zero-order valence-corrected chi connectivity index (χ0v) is 17.1. The van der Waals surface area contributed by atoms with E-state index in [0.717, 1.165) is 49.3 Å². The quantitative estimate of drug-likeness (QED) is 0.704. The number of piperazine rings is 1. The van der Waals surface area contributed by atoms with Crippen LogP contribution in [-0.2, 0) is 0 Å². The summed E-state index contributed by atoms with van der Waals surface area (Å²) in [6, 6.07) is 15.3. The number of hydrogen-bond donors (Lipinski definition) is 1. The lowest BCUT2D eigenvalue weighted by molar-refractivity contribution is 0.596. The molecule has 5 nitrogen and oxygen atoms in total. The number of nitrogens with zero attached hydrogens (tertiary/aromatic N) is 4. The van der Waals surface area contributed by atoms with E-state index in [9.17, 15) is 4.39 Å². The molecular weight excluding hydrogens is 365 g/mol. The Morgan fingerprint density at radius 1 is 0.828 bits per heavy atom. The third kappa shape index (κ3) is 4.47. The number of aryl methyl sites for hydroxylation is 3. The summed E-state index contributed by atoms with van der Waals surface area (Å²) in [6.07, 6.45) is 0. The maximum absolute atomic E-state index is 14.1. The van der Waals surface area contributed by atoms with E-state index in [2.05, 4.69) is 57.1 Å². The Hall–Kier alpha value is -3.15. The highest BCUT2D eigenvalue weighted by molar-refractivity contribution is 5.61. The predicted octanol–water partition coefficient (Wildman–Crippen LogP) is 4.61. The Labute approximate surface area is 171 Å². The van der Waals surface area contributed by atoms with Crippen molar-refractivity contribution >= 4 is 23.0 Å². The summed E-state index contributed by atoms with van der Waals surface area (Å²) in [6.45, 7) is 9.16. The van der Waals surface area contributed by atoms with Gasteiger partial charge in [0.25, 0.3) is 0 Å². The number of nitrogens with one attached hydrogen (secondary N) is 1. The molecule has 150 valence electrons. The first kappa shape index (κ1) is 19.2. The number of rotatable bonds is 4. The van der Waals surface area contributed by atoms with E-state index in [1.165, 1.54) is 17.2 Å². The summed E-state index contributed by atoms with van der Waals surface area (Å²) in [4.78, 5) is 13.5. The Morgan fingerprint density at radius 3 is 2.17 bits per heavy atom. The predicted molar refractivity (Wildman–Crippen MR) is 117 cm³/mol. The Bertz CT molecular complexity index is 992. The molecule has 29 heavy (non-hydrogen) atoms. The van der Waals surface area contributed by atoms with Gasteiger partial charge in [-0.3, -0.25) is 0 Å². The van der Waals surface area contributed by atoms with Crippen LogP contribution in [0, 0.1) is 26.6 Å². The van der Waals surface area contributed by atoms with Gasteiger partial charge in [-0.2, -0.15) is 0 Å². The number of hydrogen-bond acceptors (Lipinski definition) is 5. The molecule has 0 aliphatic carbocycles. The first-order chi connectivity index (χ1) is 14.0. The lowest BCUT2D eigenvalue weighted by Crippen LogP contribution is -2.47. The van der Waals surface area contributed by atoms with Crippen molar-refractivity contribution in [2.24, 2.45) is 0 Å². The second-order valence-electron chi connectivity index (χ2n) is 7.59. The maximum atomic E-state index is 14.1. The third-order valence-electron chi connectivity index (χ3n) is 5.12. The fourth-order valence-electron chi connectivity index (χ4n) is 3.86. The monoisotopic (exact) mass is 391 g/mol. The van der Waals surface area contributed by atoms with Crippen LogP contribution in [0.2, 0.25) is 0 Å². The molecule has 1 aliphatic rings. The molecule has 0 spiro atoms. The van der Waals surface area contributed by atoms with Crippen molar-refractivity contribution in [1.29, 1.82) is 0 Å². The molecule has 0 saturated carbocycles. The highest BCUT2D eigenvalue weighted by atomic mass is 19.1. The van der Waals surface area contributed by atoms with E-state index < -0.39 is 0 Å². The highest BCUT2D eigenvalue weighted by Gasteiger charge is 2.21. The molecule has 3 aromatic rings. The second-order valence-corrected chi connectivity index (χ2v) is 7.59. The van der Waals surface area contributed by atoms with Crippen LogP contribution in [0.15, 0.2) is 48.5 Å². The zero-order chi connectivity index (χ0) is 20.4. The van der Waals surface area contributed by atoms with Crippen LogP contribution in [0.3, 0.4) is 0 Å². The van der Waals surface area contributed by atoms with Crippen molar-refractivity contribution in [3.05, 3.63) is 71.3 Å². The average Bonchev–Trinajstić information content (AvgIpc) is 2.67. The topological polar surface area (TPSA) is 44.3 Å². The first-order valence-corrected chi connectivity index (χ1v) is 9.93. The molecule has 0 amide bonds. The number of aromatic nitrogens is 2. The van der Waals surface area contributed by atoms with Crippen molar-refractivity contribution in [2.75, 3.05) is 41.3 Å². The first-order valence-electron chi connectivity index (χ1n) is 9.93. The summed E-state index contributed by atoms with van der Waals surface area (Å²) >= 11 is 0. The molecule has 1 aromatic heterocycles. The third-order valence-corrected chi connectivity index (χ3v) is 5.12. The minimum Gasteiger partial charge on any atom is -0.366 e. The van der Waals surface area contributed by atoms with Crippen molar-refractivity contribution in [3.8, 4) is 0 Å². The Morgan fingerprint density at radius 2 is 1.48 bits per heavy atom. The fraction of sp³-hybridized carbons (Fsp3) is 0.304. The standard InChI is InChI=1S/C23H26FN5/c1-16-12-17(2)14-19(13-16)27-22-15-23(26-18(3)25-22)29-10-8-28(9-11-29)21-7-5-4-6-20(21)24/h4-7,12-15H,8-11H2,1-3H3,(H,25,26,27). The van der Waals surface area contributed by atoms with Gasteiger partial charge in [0.2, 0.25) is 0 Å². The summed E-state index contributed by atoms with van der Waals surface area (Å²) in [7, 11) is 0. The normalized spacial score (nSPS) is 14.2. The van der Waals surface area contributed by atoms with Gasteiger partial charge in [-0.05, 0) is 56.2 Å². The molecule has 6 heteroatoms. The van der Waals surface area contributed by atoms with Crippen molar-refractivity contribution in [1.82, 2.24) is 9.97 Å². The van der Waals surface area contributed by atoms with E-state index >= 15 is 0 Å². The molecule has 1 aliphatic heterocycles. The van der Waals surface area contributed by atoms with Crippen molar-refractivity contribution in [2.45, 2.75) is 20.8 Å². The van der Waals surface area contributed by atoms with Crippen molar-refractivity contribution in [3.63, 3.8) is 0 Å². The minimum atomic E-state index is -0.168. The molecule has 1 N–H and O–H groups in total. The van der Waals surface area contributed by atoms with E-state index in [1.54, 1.807) is 6.07 Å². The van der Waals surface area contributed by atoms with Crippen LogP contribution < -0.4 is 15.1 Å². The molecule has 4 rings (SSSR count). The SMILES string of the molecule is Cc1cc(C)cc(Nc2cc(N3CCN(c4ccccc4F)CC3)nc(C)n2)c1. The molecule has 0 radical (unpaired) electrons. The van der Waals surface area contributed by atoms with Crippen LogP contribution in [0.4, 0.5) is 27.4 Å². The van der Waals surface area contributed by atoms with E-state index in [1.807, 2.05) is 25.1 Å². The van der Waals surface area contributed by atoms with Gasteiger partial charge in [-0.1, -0.05) is 18.2 Å². The second kappa shape index (κ2) is 8.07. The molecule has 2 heterocycles. The molecule has 0 unspecified atom stereocenters. The Kier molecular flexibility index (Phi) is 5.34. The number of anilines is 4. The average molecular weight is 391 g/mol. The largest absolute Gasteiger partial charge is 0.366 e. The smallest absolute Gasteiger partial charge is 0.146 e. The zero-order valence-electron chi connectivity index (χ0n) is 17.1. The highest BCUT2D eigenvalue weighted by Crippen LogP contribution is 2.25. The summed E-state index contributed by atoms with van der Waals surface area (Å²) < 4.78 is 14.1. The molecule has 2 aromatic carbocycles. The minimum absolute atomic E-state index is 0.168. The van der Waals surface area contributed by atoms with Gasteiger partial charge in [-0.25, -0.2) is 14.4 Å². The van der Waals surface area contributed by atoms with Gasteiger partial charge >= 0.3 is 0 Å². The van der Waals surface area contributed by atoms with Crippen LogP contribution >= 0.6 is 0 Å². The van der Waals surface area contributed by atoms with Crippen LogP contribution in [0.5, 0.6) is 0 Å². The lowest BCUT2D eigenvalue weighted by atomic mass is 10.1. The van der Waals surface area contributed by atoms with E-state index in [-0.39, 0.29) is 5.82 Å². The maximum Gasteiger partial charge on any atom is 0.146 e. The summed E-state index contributed by atoms with van der Waals surface area (Å²) in [5, 5.41) is 3.41. The van der Waals surface area contributed by atoms with Gasteiger partial charge in [0.1, 0.15) is 23.3 Å². The molecule has 1 saturated heterocycles. The molecular formula is C23H26FN5. The van der Waals surface area contributed by atoms with E-state index in [0.29, 0.717) is 5.69 Å². The van der Waals surface area contributed by atoms with Crippen LogP contribution in [0.25, 0.3) is 0 Å². The van der Waals surface area contributed by atoms with Gasteiger partial charge < -0.3 is 15.1 Å². The summed E-state index contributed by atoms with van der Waals surface area (Å²) in [5.41, 5.74) is 4.12.